The van der Waals surface area contributed by atoms with Crippen LogP contribution >= 0.6 is 0 Å². The van der Waals surface area contributed by atoms with Crippen molar-refractivity contribution in [3.05, 3.63) is 66.0 Å². The molecule has 114 valence electrons. The number of ether oxygens (including phenoxy) is 2. The van der Waals surface area contributed by atoms with Crippen LogP contribution in [0.4, 0.5) is 0 Å². The molecule has 2 heterocycles. The summed E-state index contributed by atoms with van der Waals surface area (Å²) in [7, 11) is 0. The van der Waals surface area contributed by atoms with Crippen molar-refractivity contribution in [3.8, 4) is 0 Å². The van der Waals surface area contributed by atoms with Crippen LogP contribution < -0.4 is 0 Å². The second-order valence-corrected chi connectivity index (χ2v) is 5.40. The van der Waals surface area contributed by atoms with Gasteiger partial charge in [-0.15, -0.1) is 0 Å². The molecule has 1 aromatic heterocycles. The molecular formula is C18H19NO3. The van der Waals surface area contributed by atoms with Gasteiger partial charge in [-0.25, -0.2) is 0 Å². The van der Waals surface area contributed by atoms with Crippen LogP contribution in [0.3, 0.4) is 0 Å². The molecule has 1 aliphatic heterocycles. The fraction of sp³-hybridized carbons (Fsp3) is 0.333. The fourth-order valence-corrected chi connectivity index (χ4v) is 2.67. The van der Waals surface area contributed by atoms with Crippen molar-refractivity contribution in [2.24, 2.45) is 0 Å². The molecule has 2 atom stereocenters. The van der Waals surface area contributed by atoms with Gasteiger partial charge in [0.25, 0.3) is 0 Å². The number of rotatable bonds is 5. The number of carbonyl (C=O) groups excluding carboxylic acids is 1. The maximum atomic E-state index is 12.2. The average Bonchev–Trinajstić information content (AvgIpc) is 3.07. The van der Waals surface area contributed by atoms with Gasteiger partial charge in [0.1, 0.15) is 0 Å². The van der Waals surface area contributed by atoms with Crippen LogP contribution in [0.2, 0.25) is 0 Å². The average molecular weight is 297 g/mol. The number of esters is 1. The summed E-state index contributed by atoms with van der Waals surface area (Å²) in [4.78, 5) is 16.3. The first-order valence-corrected chi connectivity index (χ1v) is 7.59. The maximum absolute atomic E-state index is 12.2. The number of carbonyl (C=O) groups is 1. The normalized spacial score (nSPS) is 18.8. The van der Waals surface area contributed by atoms with Gasteiger partial charge in [-0.2, -0.15) is 0 Å². The summed E-state index contributed by atoms with van der Waals surface area (Å²) in [6.07, 6.45) is 5.27. The molecule has 1 aromatic carbocycles. The Balaban J connectivity index is 1.75. The fourth-order valence-electron chi connectivity index (χ4n) is 2.67. The third-order valence-electron chi connectivity index (χ3n) is 3.78. The Hall–Kier alpha value is -2.20. The first-order chi connectivity index (χ1) is 10.8. The lowest BCUT2D eigenvalue weighted by Crippen LogP contribution is -2.18. The van der Waals surface area contributed by atoms with E-state index >= 15 is 0 Å². The minimum atomic E-state index is -0.405. The number of benzene rings is 1. The van der Waals surface area contributed by atoms with Gasteiger partial charge in [-0.3, -0.25) is 9.78 Å². The Labute approximate surface area is 130 Å². The zero-order valence-electron chi connectivity index (χ0n) is 12.4. The highest BCUT2D eigenvalue weighted by molar-refractivity contribution is 5.70. The zero-order chi connectivity index (χ0) is 15.2. The topological polar surface area (TPSA) is 48.4 Å². The van der Waals surface area contributed by atoms with Crippen LogP contribution in [0.15, 0.2) is 54.9 Å². The predicted octanol–water partition coefficient (Wildman–Crippen LogP) is 3.28. The summed E-state index contributed by atoms with van der Waals surface area (Å²) in [6, 6.07) is 13.5. The Bertz CT molecular complexity index is 555. The van der Waals surface area contributed by atoms with Crippen molar-refractivity contribution in [1.82, 2.24) is 4.98 Å². The quantitative estimate of drug-likeness (QED) is 0.795. The SMILES string of the molecule is O=C(CC1CCCO1)OC(c1ccccc1)c1ccncc1. The number of pyridine rings is 1. The molecule has 1 aliphatic rings. The van der Waals surface area contributed by atoms with Crippen LogP contribution in [-0.4, -0.2) is 23.7 Å². The second-order valence-electron chi connectivity index (χ2n) is 5.40. The third kappa shape index (κ3) is 3.71. The van der Waals surface area contributed by atoms with Gasteiger partial charge in [0, 0.05) is 24.6 Å². The lowest BCUT2D eigenvalue weighted by molar-refractivity contribution is -0.150. The van der Waals surface area contributed by atoms with E-state index in [2.05, 4.69) is 4.98 Å². The van der Waals surface area contributed by atoms with E-state index in [1.165, 1.54) is 0 Å². The van der Waals surface area contributed by atoms with Crippen LogP contribution in [0.25, 0.3) is 0 Å². The molecule has 2 aromatic rings. The minimum absolute atomic E-state index is 0.00126. The highest BCUT2D eigenvalue weighted by atomic mass is 16.5. The predicted molar refractivity (Wildman–Crippen MR) is 82.2 cm³/mol. The summed E-state index contributed by atoms with van der Waals surface area (Å²) < 4.78 is 11.2. The molecule has 0 radical (unpaired) electrons. The molecule has 3 rings (SSSR count). The highest BCUT2D eigenvalue weighted by Gasteiger charge is 2.24. The first kappa shape index (κ1) is 14.7. The maximum Gasteiger partial charge on any atom is 0.309 e. The van der Waals surface area contributed by atoms with Crippen molar-refractivity contribution in [2.45, 2.75) is 31.5 Å². The van der Waals surface area contributed by atoms with Crippen molar-refractivity contribution in [2.75, 3.05) is 6.61 Å². The lowest BCUT2D eigenvalue weighted by Gasteiger charge is -2.19. The molecule has 0 spiro atoms. The molecule has 1 fully saturated rings. The molecule has 0 bridgehead atoms. The van der Waals surface area contributed by atoms with Gasteiger partial charge >= 0.3 is 5.97 Å². The van der Waals surface area contributed by atoms with Crippen LogP contribution in [0.5, 0.6) is 0 Å². The van der Waals surface area contributed by atoms with Gasteiger partial charge in [0.15, 0.2) is 6.10 Å². The Kier molecular flexibility index (Phi) is 4.81. The standard InChI is InChI=1S/C18H19NO3/c20-17(13-16-7-4-12-21-16)22-18(14-5-2-1-3-6-14)15-8-10-19-11-9-15/h1-3,5-6,8-11,16,18H,4,7,12-13H2. The molecule has 0 aliphatic carbocycles. The Morgan fingerprint density at radius 2 is 1.91 bits per heavy atom. The van der Waals surface area contributed by atoms with E-state index < -0.39 is 6.10 Å². The minimum Gasteiger partial charge on any atom is -0.452 e. The molecule has 4 heteroatoms. The smallest absolute Gasteiger partial charge is 0.309 e. The number of hydrogen-bond donors (Lipinski definition) is 0. The van der Waals surface area contributed by atoms with Crippen molar-refractivity contribution in [1.29, 1.82) is 0 Å². The summed E-state index contributed by atoms with van der Waals surface area (Å²) in [5.41, 5.74) is 1.87. The van der Waals surface area contributed by atoms with Gasteiger partial charge in [-0.05, 0) is 30.5 Å². The second kappa shape index (κ2) is 7.18. The van der Waals surface area contributed by atoms with E-state index in [-0.39, 0.29) is 12.1 Å². The monoisotopic (exact) mass is 297 g/mol. The van der Waals surface area contributed by atoms with E-state index in [9.17, 15) is 4.79 Å². The van der Waals surface area contributed by atoms with Gasteiger partial charge in [0.2, 0.25) is 0 Å². The molecule has 4 nitrogen and oxygen atoms in total. The third-order valence-corrected chi connectivity index (χ3v) is 3.78. The summed E-state index contributed by atoms with van der Waals surface area (Å²) >= 11 is 0. The summed E-state index contributed by atoms with van der Waals surface area (Å²) in [5, 5.41) is 0. The van der Waals surface area contributed by atoms with Crippen molar-refractivity contribution < 1.29 is 14.3 Å². The Morgan fingerprint density at radius 1 is 1.18 bits per heavy atom. The number of hydrogen-bond acceptors (Lipinski definition) is 4. The zero-order valence-corrected chi connectivity index (χ0v) is 12.4. The molecule has 0 saturated carbocycles. The molecule has 0 amide bonds. The number of aromatic nitrogens is 1. The van der Waals surface area contributed by atoms with Crippen molar-refractivity contribution in [3.63, 3.8) is 0 Å². The number of nitrogens with zero attached hydrogens (tertiary/aromatic N) is 1. The van der Waals surface area contributed by atoms with Gasteiger partial charge < -0.3 is 9.47 Å². The van der Waals surface area contributed by atoms with Crippen molar-refractivity contribution >= 4 is 5.97 Å². The molecule has 2 unspecified atom stereocenters. The molecular weight excluding hydrogens is 278 g/mol. The molecule has 1 saturated heterocycles. The van der Waals surface area contributed by atoms with E-state index in [1.54, 1.807) is 12.4 Å². The van der Waals surface area contributed by atoms with E-state index in [0.717, 1.165) is 30.6 Å². The summed E-state index contributed by atoms with van der Waals surface area (Å²) in [6.45, 7) is 0.740. The highest BCUT2D eigenvalue weighted by Crippen LogP contribution is 2.27. The Morgan fingerprint density at radius 3 is 2.59 bits per heavy atom. The van der Waals surface area contributed by atoms with Gasteiger partial charge in [-0.1, -0.05) is 30.3 Å². The largest absolute Gasteiger partial charge is 0.452 e. The first-order valence-electron chi connectivity index (χ1n) is 7.59. The van der Waals surface area contributed by atoms with Gasteiger partial charge in [0.05, 0.1) is 12.5 Å². The van der Waals surface area contributed by atoms with E-state index in [1.807, 2.05) is 42.5 Å². The van der Waals surface area contributed by atoms with Crippen LogP contribution in [0.1, 0.15) is 36.5 Å². The lowest BCUT2D eigenvalue weighted by atomic mass is 10.0. The van der Waals surface area contributed by atoms with E-state index in [4.69, 9.17) is 9.47 Å². The van der Waals surface area contributed by atoms with Crippen LogP contribution in [-0.2, 0) is 14.3 Å². The molecule has 22 heavy (non-hydrogen) atoms. The van der Waals surface area contributed by atoms with Crippen LogP contribution in [0, 0.1) is 0 Å². The molecule has 0 N–H and O–H groups in total. The summed E-state index contributed by atoms with van der Waals surface area (Å²) in [5.74, 6) is -0.224. The van der Waals surface area contributed by atoms with E-state index in [0.29, 0.717) is 6.42 Å².